The molecule has 0 aromatic heterocycles. The van der Waals surface area contributed by atoms with E-state index in [1.54, 1.807) is 0 Å². The van der Waals surface area contributed by atoms with Gasteiger partial charge in [0.2, 0.25) is 11.8 Å². The lowest BCUT2D eigenvalue weighted by Gasteiger charge is -2.38. The molecular formula is C13H21N3O3. The second kappa shape index (κ2) is 5.46. The number of fused-ring (bicyclic) bond motifs is 1. The summed E-state index contributed by atoms with van der Waals surface area (Å²) < 4.78 is 5.57. The second-order valence-electron chi connectivity index (χ2n) is 5.52. The fraction of sp³-hybridized carbons (Fsp3) is 0.846. The van der Waals surface area contributed by atoms with Crippen LogP contribution in [0.25, 0.3) is 0 Å². The van der Waals surface area contributed by atoms with Crippen molar-refractivity contribution < 1.29 is 14.3 Å². The molecule has 0 aromatic carbocycles. The van der Waals surface area contributed by atoms with Crippen LogP contribution < -0.4 is 5.32 Å². The van der Waals surface area contributed by atoms with Crippen molar-refractivity contribution in [3.8, 4) is 0 Å². The largest absolute Gasteiger partial charge is 0.375 e. The van der Waals surface area contributed by atoms with Gasteiger partial charge in [0.05, 0.1) is 19.1 Å². The molecule has 106 valence electrons. The average molecular weight is 267 g/mol. The number of nitrogens with one attached hydrogen (secondary N) is 1. The summed E-state index contributed by atoms with van der Waals surface area (Å²) in [6.45, 7) is 4.37. The van der Waals surface area contributed by atoms with E-state index in [0.717, 1.165) is 19.5 Å². The Hall–Kier alpha value is -1.14. The number of nitrogens with zero attached hydrogens (tertiary/aromatic N) is 2. The van der Waals surface area contributed by atoms with Gasteiger partial charge in [-0.25, -0.2) is 0 Å². The van der Waals surface area contributed by atoms with Crippen LogP contribution in [-0.2, 0) is 14.3 Å². The van der Waals surface area contributed by atoms with E-state index in [1.807, 2.05) is 9.80 Å². The van der Waals surface area contributed by atoms with Gasteiger partial charge in [-0.05, 0) is 6.42 Å². The van der Waals surface area contributed by atoms with Gasteiger partial charge in [-0.3, -0.25) is 9.59 Å². The lowest BCUT2D eigenvalue weighted by Crippen LogP contribution is -2.54. The summed E-state index contributed by atoms with van der Waals surface area (Å²) in [5.74, 6) is 0.407. The van der Waals surface area contributed by atoms with Crippen molar-refractivity contribution in [1.29, 1.82) is 0 Å². The molecule has 3 aliphatic heterocycles. The van der Waals surface area contributed by atoms with Gasteiger partial charge in [-0.15, -0.1) is 0 Å². The number of hydrogen-bond donors (Lipinski definition) is 1. The van der Waals surface area contributed by atoms with E-state index in [4.69, 9.17) is 4.74 Å². The SMILES string of the molecule is O=C(CC1CNCCO1)N1CCN2C(=O)CCC2C1. The zero-order valence-electron chi connectivity index (χ0n) is 11.1. The van der Waals surface area contributed by atoms with Crippen LogP contribution in [-0.4, -0.2) is 73.1 Å². The Morgan fingerprint density at radius 3 is 3.11 bits per heavy atom. The van der Waals surface area contributed by atoms with Crippen LogP contribution in [0.2, 0.25) is 0 Å². The summed E-state index contributed by atoms with van der Waals surface area (Å²) in [5.41, 5.74) is 0. The number of carbonyl (C=O) groups is 2. The molecule has 0 saturated carbocycles. The van der Waals surface area contributed by atoms with Gasteiger partial charge in [0.25, 0.3) is 0 Å². The fourth-order valence-electron chi connectivity index (χ4n) is 3.17. The van der Waals surface area contributed by atoms with Gasteiger partial charge < -0.3 is 19.9 Å². The van der Waals surface area contributed by atoms with Crippen LogP contribution in [0.3, 0.4) is 0 Å². The predicted molar refractivity (Wildman–Crippen MR) is 68.5 cm³/mol. The third-order valence-electron chi connectivity index (χ3n) is 4.25. The van der Waals surface area contributed by atoms with Crippen molar-refractivity contribution in [3.05, 3.63) is 0 Å². The zero-order chi connectivity index (χ0) is 13.2. The number of rotatable bonds is 2. The minimum absolute atomic E-state index is 0.00416. The highest BCUT2D eigenvalue weighted by Crippen LogP contribution is 2.23. The molecule has 6 nitrogen and oxygen atoms in total. The van der Waals surface area contributed by atoms with E-state index in [2.05, 4.69) is 5.32 Å². The first-order valence-corrected chi connectivity index (χ1v) is 7.13. The maximum absolute atomic E-state index is 12.3. The quantitative estimate of drug-likeness (QED) is 0.711. The topological polar surface area (TPSA) is 61.9 Å². The Morgan fingerprint density at radius 2 is 2.32 bits per heavy atom. The Morgan fingerprint density at radius 1 is 1.42 bits per heavy atom. The molecule has 0 spiro atoms. The summed E-state index contributed by atoms with van der Waals surface area (Å²) in [4.78, 5) is 27.7. The van der Waals surface area contributed by atoms with E-state index < -0.39 is 0 Å². The van der Waals surface area contributed by atoms with Crippen LogP contribution in [0.4, 0.5) is 0 Å². The molecule has 2 amide bonds. The maximum Gasteiger partial charge on any atom is 0.225 e. The van der Waals surface area contributed by atoms with E-state index >= 15 is 0 Å². The van der Waals surface area contributed by atoms with Crippen LogP contribution >= 0.6 is 0 Å². The third kappa shape index (κ3) is 2.74. The number of amides is 2. The van der Waals surface area contributed by atoms with Crippen LogP contribution in [0.15, 0.2) is 0 Å². The van der Waals surface area contributed by atoms with E-state index in [1.165, 1.54) is 0 Å². The molecule has 2 atom stereocenters. The lowest BCUT2D eigenvalue weighted by molar-refractivity contribution is -0.141. The van der Waals surface area contributed by atoms with Crippen LogP contribution in [0, 0.1) is 0 Å². The van der Waals surface area contributed by atoms with Gasteiger partial charge in [0.1, 0.15) is 0 Å². The highest BCUT2D eigenvalue weighted by Gasteiger charge is 2.37. The summed E-state index contributed by atoms with van der Waals surface area (Å²) in [5, 5.41) is 3.24. The van der Waals surface area contributed by atoms with Gasteiger partial charge in [-0.2, -0.15) is 0 Å². The fourth-order valence-corrected chi connectivity index (χ4v) is 3.17. The normalized spacial score (nSPS) is 31.5. The van der Waals surface area contributed by atoms with Gasteiger partial charge in [0, 0.05) is 45.2 Å². The van der Waals surface area contributed by atoms with Crippen molar-refractivity contribution >= 4 is 11.8 Å². The molecule has 3 aliphatic rings. The second-order valence-corrected chi connectivity index (χ2v) is 5.52. The number of ether oxygens (including phenoxy) is 1. The first-order chi connectivity index (χ1) is 9.24. The van der Waals surface area contributed by atoms with Crippen molar-refractivity contribution in [2.24, 2.45) is 0 Å². The molecule has 3 saturated heterocycles. The van der Waals surface area contributed by atoms with Gasteiger partial charge in [0.15, 0.2) is 0 Å². The summed E-state index contributed by atoms with van der Waals surface area (Å²) in [6, 6.07) is 0.246. The summed E-state index contributed by atoms with van der Waals surface area (Å²) in [7, 11) is 0. The predicted octanol–water partition coefficient (Wildman–Crippen LogP) is -0.802. The number of morpholine rings is 1. The van der Waals surface area contributed by atoms with E-state index in [9.17, 15) is 9.59 Å². The molecule has 19 heavy (non-hydrogen) atoms. The molecule has 3 fully saturated rings. The van der Waals surface area contributed by atoms with Crippen LogP contribution in [0.5, 0.6) is 0 Å². The van der Waals surface area contributed by atoms with Crippen molar-refractivity contribution in [1.82, 2.24) is 15.1 Å². The number of hydrogen-bond acceptors (Lipinski definition) is 4. The highest BCUT2D eigenvalue weighted by atomic mass is 16.5. The summed E-state index contributed by atoms with van der Waals surface area (Å²) >= 11 is 0. The molecule has 3 rings (SSSR count). The first kappa shape index (κ1) is 12.9. The van der Waals surface area contributed by atoms with E-state index in [-0.39, 0.29) is 24.0 Å². The molecule has 0 radical (unpaired) electrons. The number of carbonyl (C=O) groups excluding carboxylic acids is 2. The van der Waals surface area contributed by atoms with Crippen LogP contribution in [0.1, 0.15) is 19.3 Å². The molecule has 3 heterocycles. The Labute approximate surface area is 113 Å². The molecule has 1 N–H and O–H groups in total. The smallest absolute Gasteiger partial charge is 0.225 e. The third-order valence-corrected chi connectivity index (χ3v) is 4.25. The Balaban J connectivity index is 1.52. The molecule has 0 aromatic rings. The van der Waals surface area contributed by atoms with Crippen molar-refractivity contribution in [2.75, 3.05) is 39.3 Å². The zero-order valence-corrected chi connectivity index (χ0v) is 11.1. The average Bonchev–Trinajstić information content (AvgIpc) is 2.81. The van der Waals surface area contributed by atoms with E-state index in [0.29, 0.717) is 39.1 Å². The van der Waals surface area contributed by atoms with Gasteiger partial charge >= 0.3 is 0 Å². The minimum Gasteiger partial charge on any atom is -0.375 e. The molecular weight excluding hydrogens is 246 g/mol. The first-order valence-electron chi connectivity index (χ1n) is 7.13. The van der Waals surface area contributed by atoms with Crippen molar-refractivity contribution in [2.45, 2.75) is 31.4 Å². The maximum atomic E-state index is 12.3. The number of piperazine rings is 1. The van der Waals surface area contributed by atoms with Crippen molar-refractivity contribution in [3.63, 3.8) is 0 Å². The summed E-state index contributed by atoms with van der Waals surface area (Å²) in [6.07, 6.45) is 1.99. The standard InChI is InChI=1S/C13H21N3O3/c17-12-2-1-10-9-15(4-5-16(10)12)13(18)7-11-8-14-3-6-19-11/h10-11,14H,1-9H2. The Kier molecular flexibility index (Phi) is 3.70. The van der Waals surface area contributed by atoms with Gasteiger partial charge in [-0.1, -0.05) is 0 Å². The molecule has 2 unspecified atom stereocenters. The molecule has 0 bridgehead atoms. The monoisotopic (exact) mass is 267 g/mol. The lowest BCUT2D eigenvalue weighted by atomic mass is 10.1. The minimum atomic E-state index is 0.00416. The Bertz CT molecular complexity index is 368. The molecule has 0 aliphatic carbocycles. The highest BCUT2D eigenvalue weighted by molar-refractivity contribution is 5.80. The molecule has 6 heteroatoms.